The van der Waals surface area contributed by atoms with Gasteiger partial charge in [-0.15, -0.1) is 0 Å². The van der Waals surface area contributed by atoms with Crippen molar-refractivity contribution in [1.82, 2.24) is 49.7 Å². The zero-order chi connectivity index (χ0) is 45.0. The van der Waals surface area contributed by atoms with Crippen LogP contribution in [0.2, 0.25) is 10.0 Å². The van der Waals surface area contributed by atoms with Crippen molar-refractivity contribution in [2.24, 2.45) is 5.73 Å². The van der Waals surface area contributed by atoms with Crippen LogP contribution in [0.3, 0.4) is 0 Å². The second-order valence-electron chi connectivity index (χ2n) is 15.2. The van der Waals surface area contributed by atoms with Crippen molar-refractivity contribution >= 4 is 46.9 Å². The van der Waals surface area contributed by atoms with Crippen molar-refractivity contribution in [2.75, 3.05) is 43.6 Å². The second-order valence-corrected chi connectivity index (χ2v) is 16.1. The predicted molar refractivity (Wildman–Crippen MR) is 241 cm³/mol. The van der Waals surface area contributed by atoms with Gasteiger partial charge in [-0.05, 0) is 74.9 Å². The Bertz CT molecular complexity index is 2590. The fourth-order valence-corrected chi connectivity index (χ4v) is 7.40. The molecule has 6 N–H and O–H groups in total. The van der Waals surface area contributed by atoms with Crippen LogP contribution in [0.5, 0.6) is 0 Å². The molecule has 2 aliphatic heterocycles. The molecule has 2 saturated heterocycles. The number of anilines is 2. The highest BCUT2D eigenvalue weighted by Gasteiger charge is 2.21. The van der Waals surface area contributed by atoms with Crippen molar-refractivity contribution in [3.05, 3.63) is 130 Å². The molecule has 64 heavy (non-hydrogen) atoms. The summed E-state index contributed by atoms with van der Waals surface area (Å²) in [6.07, 6.45) is 13.4. The van der Waals surface area contributed by atoms with Crippen molar-refractivity contribution in [3.8, 4) is 17.7 Å². The number of carbonyl (C=O) groups excluding carboxylic acids is 2. The molecular formula is C44H48Cl2N14O4. The predicted octanol–water partition coefficient (Wildman–Crippen LogP) is 5.85. The third-order valence-electron chi connectivity index (χ3n) is 10.5. The molecule has 20 heteroatoms. The lowest BCUT2D eigenvalue weighted by molar-refractivity contribution is 0.0902. The van der Waals surface area contributed by atoms with E-state index in [0.29, 0.717) is 39.1 Å². The highest BCUT2D eigenvalue weighted by molar-refractivity contribution is 6.30. The summed E-state index contributed by atoms with van der Waals surface area (Å²) in [7, 11) is 0. The maximum Gasteiger partial charge on any atom is 0.272 e. The van der Waals surface area contributed by atoms with Crippen molar-refractivity contribution in [2.45, 2.75) is 63.7 Å². The second kappa shape index (κ2) is 21.7. The Labute approximate surface area is 380 Å². The molecule has 2 aliphatic rings. The molecule has 2 aromatic carbocycles. The Morgan fingerprint density at radius 3 is 1.69 bits per heavy atom. The van der Waals surface area contributed by atoms with E-state index in [4.69, 9.17) is 38.4 Å². The monoisotopic (exact) mass is 906 g/mol. The Hall–Kier alpha value is -6.49. The number of nitrogens with one attached hydrogen (secondary N) is 4. The number of halogens is 2. The van der Waals surface area contributed by atoms with Crippen molar-refractivity contribution in [3.63, 3.8) is 0 Å². The lowest BCUT2D eigenvalue weighted by Gasteiger charge is -2.23. The van der Waals surface area contributed by atoms with Crippen LogP contribution in [0.25, 0.3) is 11.6 Å². The highest BCUT2D eigenvalue weighted by Crippen LogP contribution is 2.22. The quantitative estimate of drug-likeness (QED) is 0.0914. The number of amides is 2. The molecule has 2 fully saturated rings. The van der Waals surface area contributed by atoms with Gasteiger partial charge in [-0.3, -0.25) is 18.7 Å². The molecule has 0 radical (unpaired) electrons. The van der Waals surface area contributed by atoms with E-state index in [1.807, 2.05) is 26.0 Å². The minimum absolute atomic E-state index is 0.171. The van der Waals surface area contributed by atoms with Gasteiger partial charge >= 0.3 is 0 Å². The average Bonchev–Trinajstić information content (AvgIpc) is 4.01. The van der Waals surface area contributed by atoms with E-state index in [9.17, 15) is 14.9 Å². The van der Waals surface area contributed by atoms with Crippen LogP contribution in [0.1, 0.15) is 81.0 Å². The largest absolute Gasteiger partial charge is 0.381 e. The number of rotatable bonds is 13. The summed E-state index contributed by atoms with van der Waals surface area (Å²) in [5, 5.41) is 22.9. The van der Waals surface area contributed by atoms with Gasteiger partial charge in [0.15, 0.2) is 0 Å². The molecular weight excluding hydrogens is 859 g/mol. The van der Waals surface area contributed by atoms with Crippen LogP contribution in [0.4, 0.5) is 11.9 Å². The summed E-state index contributed by atoms with van der Waals surface area (Å²) >= 11 is 12.1. The number of ether oxygens (including phenoxy) is 2. The first-order valence-corrected chi connectivity index (χ1v) is 21.5. The van der Waals surface area contributed by atoms with E-state index < -0.39 is 11.9 Å². The summed E-state index contributed by atoms with van der Waals surface area (Å²) in [5.41, 5.74) is 9.45. The summed E-state index contributed by atoms with van der Waals surface area (Å²) in [6.45, 7) is 6.93. The van der Waals surface area contributed by atoms with Crippen molar-refractivity contribution in [1.29, 1.82) is 5.26 Å². The summed E-state index contributed by atoms with van der Waals surface area (Å²) in [4.78, 5) is 52.0. The van der Waals surface area contributed by atoms with E-state index in [-0.39, 0.29) is 42.0 Å². The highest BCUT2D eigenvalue weighted by atomic mass is 35.5. The first-order valence-electron chi connectivity index (χ1n) is 20.7. The number of hydrogen-bond donors (Lipinski definition) is 5. The Kier molecular flexibility index (Phi) is 15.5. The van der Waals surface area contributed by atoms with E-state index in [1.165, 1.54) is 6.33 Å². The molecule has 0 aliphatic carbocycles. The minimum Gasteiger partial charge on any atom is -0.381 e. The number of carbonyl (C=O) groups is 2. The molecule has 4 aromatic heterocycles. The Morgan fingerprint density at radius 2 is 1.22 bits per heavy atom. The standard InChI is InChI=1S/C22H26ClN7O2.C22H22ClN7O2/c2*1-14-11-25-22(27-17-5-7-32-8-6-17)29-20(14)30-12-19(26-13-30)21(31)28-18(10-24)15-3-2-4-16(23)9-15/h2-4,9,11-13,17-18H,5-8,10,24H2,1H3,(H,28,31)(H,25,27,29);2-4,9,11-13,17-18H,5-8H2,1H3,(H,28,31)(H,25,27,29). The molecule has 6 aromatic rings. The van der Waals surface area contributed by atoms with Crippen LogP contribution in [-0.2, 0) is 9.47 Å². The van der Waals surface area contributed by atoms with Gasteiger partial charge in [0.1, 0.15) is 41.7 Å². The normalized spacial score (nSPS) is 15.2. The smallest absolute Gasteiger partial charge is 0.272 e. The number of hydrogen-bond acceptors (Lipinski definition) is 14. The first-order chi connectivity index (χ1) is 31.1. The number of aromatic nitrogens is 8. The molecule has 0 bridgehead atoms. The lowest BCUT2D eigenvalue weighted by atomic mass is 10.1. The van der Waals surface area contributed by atoms with Gasteiger partial charge in [-0.1, -0.05) is 47.5 Å². The number of nitrogens with two attached hydrogens (primary N) is 1. The molecule has 0 saturated carbocycles. The molecule has 2 unspecified atom stereocenters. The van der Waals surface area contributed by atoms with Crippen LogP contribution < -0.4 is 27.0 Å². The van der Waals surface area contributed by atoms with Crippen LogP contribution in [-0.4, -0.2) is 95.9 Å². The van der Waals surface area contributed by atoms with Gasteiger partial charge in [-0.25, -0.2) is 19.9 Å². The number of aryl methyl sites for hydroxylation is 2. The average molecular weight is 908 g/mol. The van der Waals surface area contributed by atoms with Crippen LogP contribution in [0.15, 0.2) is 86.0 Å². The van der Waals surface area contributed by atoms with Gasteiger partial charge < -0.3 is 36.5 Å². The minimum atomic E-state index is -0.845. The van der Waals surface area contributed by atoms with E-state index >= 15 is 0 Å². The molecule has 6 heterocycles. The lowest BCUT2D eigenvalue weighted by Crippen LogP contribution is -2.33. The number of nitrogens with zero attached hydrogens (tertiary/aromatic N) is 9. The van der Waals surface area contributed by atoms with Crippen molar-refractivity contribution < 1.29 is 19.1 Å². The van der Waals surface area contributed by atoms with Gasteiger partial charge in [0.05, 0.1) is 12.1 Å². The third kappa shape index (κ3) is 11.9. The number of benzene rings is 2. The molecule has 8 rings (SSSR count). The maximum atomic E-state index is 12.8. The zero-order valence-corrected chi connectivity index (χ0v) is 36.8. The fourth-order valence-electron chi connectivity index (χ4n) is 7.00. The molecule has 0 spiro atoms. The molecule has 18 nitrogen and oxygen atoms in total. The summed E-state index contributed by atoms with van der Waals surface area (Å²) in [6, 6.07) is 15.5. The zero-order valence-electron chi connectivity index (χ0n) is 35.2. The topological polar surface area (TPSA) is 238 Å². The number of imidazole rings is 2. The first kappa shape index (κ1) is 45.5. The SMILES string of the molecule is Cc1cnc(NC2CCOCC2)nc1-n1cnc(C(=O)NC(C#N)c2cccc(Cl)c2)c1.Cc1cnc(NC2CCOCC2)nc1-n1cnc(C(=O)NC(CN)c2cccc(Cl)c2)c1. The summed E-state index contributed by atoms with van der Waals surface area (Å²) in [5.74, 6) is 1.54. The van der Waals surface area contributed by atoms with Crippen LogP contribution >= 0.6 is 23.2 Å². The van der Waals surface area contributed by atoms with Gasteiger partial charge in [0, 0.05) is 91.0 Å². The Balaban J connectivity index is 0.000000191. The molecule has 2 amide bonds. The summed E-state index contributed by atoms with van der Waals surface area (Å²) < 4.78 is 14.2. The Morgan fingerprint density at radius 1 is 0.750 bits per heavy atom. The maximum absolute atomic E-state index is 12.8. The molecule has 332 valence electrons. The van der Waals surface area contributed by atoms with Gasteiger partial charge in [0.2, 0.25) is 11.9 Å². The van der Waals surface area contributed by atoms with Crippen LogP contribution in [0, 0.1) is 25.2 Å². The van der Waals surface area contributed by atoms with E-state index in [0.717, 1.165) is 68.8 Å². The fraction of sp³-hybridized carbons (Fsp3) is 0.341. The van der Waals surface area contributed by atoms with Gasteiger partial charge in [0.25, 0.3) is 11.8 Å². The van der Waals surface area contributed by atoms with E-state index in [2.05, 4.69) is 57.2 Å². The molecule has 2 atom stereocenters. The van der Waals surface area contributed by atoms with E-state index in [1.54, 1.807) is 76.6 Å². The third-order valence-corrected chi connectivity index (χ3v) is 11.0. The van der Waals surface area contributed by atoms with Gasteiger partial charge in [-0.2, -0.15) is 15.2 Å². The number of nitriles is 1.